The van der Waals surface area contributed by atoms with Crippen molar-refractivity contribution in [2.75, 3.05) is 5.43 Å². The number of nitrogens with one attached hydrogen (secondary N) is 2. The van der Waals surface area contributed by atoms with Gasteiger partial charge in [0.1, 0.15) is 12.4 Å². The third kappa shape index (κ3) is 5.73. The highest BCUT2D eigenvalue weighted by atomic mass is 16.5. The average Bonchev–Trinajstić information content (AvgIpc) is 3.31. The molecule has 1 amide bonds. The summed E-state index contributed by atoms with van der Waals surface area (Å²) in [6, 6.07) is 14.8. The fourth-order valence-corrected chi connectivity index (χ4v) is 2.55. The molecule has 9 nitrogen and oxygen atoms in total. The number of carbonyl (C=O) groups excluding carboxylic acids is 1. The van der Waals surface area contributed by atoms with Gasteiger partial charge in [0.05, 0.1) is 0 Å². The lowest BCUT2D eigenvalue weighted by Crippen LogP contribution is -2.27. The van der Waals surface area contributed by atoms with E-state index in [0.717, 1.165) is 22.4 Å². The van der Waals surface area contributed by atoms with Crippen LogP contribution in [0.1, 0.15) is 11.1 Å². The van der Waals surface area contributed by atoms with E-state index in [0.29, 0.717) is 12.4 Å². The molecule has 0 aliphatic carbocycles. The molecule has 2 N–H and O–H groups in total. The van der Waals surface area contributed by atoms with Crippen molar-refractivity contribution in [2.24, 2.45) is 0 Å². The minimum atomic E-state index is -0.374. The van der Waals surface area contributed by atoms with E-state index in [1.165, 1.54) is 6.08 Å². The van der Waals surface area contributed by atoms with Crippen LogP contribution in [0.3, 0.4) is 0 Å². The highest BCUT2D eigenvalue weighted by Gasteiger charge is 2.08. The maximum atomic E-state index is 12.0. The number of benzene rings is 1. The zero-order chi connectivity index (χ0) is 21.3. The molecular weight excluding hydrogens is 396 g/mol. The minimum absolute atomic E-state index is 0.0729. The average molecular weight is 414 g/mol. The predicted octanol–water partition coefficient (Wildman–Crippen LogP) is 3.26. The molecule has 0 saturated carbocycles. The standard InChI is InChI=1S/C22H18N6O3/c29-20(26-27-22-25-21(28-31-22)18-9-12-23-13-10-18)8-5-16-3-6-19(7-4-16)30-15-17-2-1-11-24-14-17/h1-14H,15H2,(H,26,29)(H,25,27,28)/b8-5+. The lowest BCUT2D eigenvalue weighted by molar-refractivity contribution is -0.116. The van der Waals surface area contributed by atoms with Crippen molar-refractivity contribution in [1.82, 2.24) is 25.5 Å². The molecule has 1 aromatic carbocycles. The Balaban J connectivity index is 1.25. The van der Waals surface area contributed by atoms with Crippen LogP contribution >= 0.6 is 0 Å². The lowest BCUT2D eigenvalue weighted by atomic mass is 10.2. The van der Waals surface area contributed by atoms with Crippen molar-refractivity contribution in [1.29, 1.82) is 0 Å². The quantitative estimate of drug-likeness (QED) is 0.333. The van der Waals surface area contributed by atoms with Crippen LogP contribution in [-0.4, -0.2) is 26.0 Å². The molecule has 0 saturated heterocycles. The van der Waals surface area contributed by atoms with Gasteiger partial charge in [-0.25, -0.2) is 5.43 Å². The second kappa shape index (κ2) is 9.79. The molecule has 3 aromatic heterocycles. The molecule has 9 heteroatoms. The van der Waals surface area contributed by atoms with Gasteiger partial charge in [0, 0.05) is 42.0 Å². The first-order valence-corrected chi connectivity index (χ1v) is 9.36. The molecule has 0 atom stereocenters. The predicted molar refractivity (Wildman–Crippen MR) is 113 cm³/mol. The Morgan fingerprint density at radius 3 is 2.65 bits per heavy atom. The number of hydrazine groups is 1. The number of nitrogens with zero attached hydrogens (tertiary/aromatic N) is 4. The molecule has 4 rings (SSSR count). The van der Waals surface area contributed by atoms with Gasteiger partial charge in [0.25, 0.3) is 5.91 Å². The Morgan fingerprint density at radius 1 is 1.03 bits per heavy atom. The SMILES string of the molecule is O=C(/C=C/c1ccc(OCc2cccnc2)cc1)NNc1nc(-c2ccncc2)no1. The summed E-state index contributed by atoms with van der Waals surface area (Å²) in [6.45, 7) is 0.440. The largest absolute Gasteiger partial charge is 0.489 e. The molecule has 3 heterocycles. The molecule has 0 aliphatic rings. The van der Waals surface area contributed by atoms with Crippen molar-refractivity contribution in [3.8, 4) is 17.1 Å². The summed E-state index contributed by atoms with van der Waals surface area (Å²) in [6.07, 6.45) is 9.81. The number of hydrogen-bond acceptors (Lipinski definition) is 8. The molecule has 31 heavy (non-hydrogen) atoms. The topological polar surface area (TPSA) is 115 Å². The van der Waals surface area contributed by atoms with E-state index in [4.69, 9.17) is 9.26 Å². The van der Waals surface area contributed by atoms with Crippen LogP contribution in [0.25, 0.3) is 17.5 Å². The number of amides is 1. The first kappa shape index (κ1) is 19.8. The van der Waals surface area contributed by atoms with Crippen LogP contribution in [0.5, 0.6) is 5.75 Å². The van der Waals surface area contributed by atoms with E-state index >= 15 is 0 Å². The van der Waals surface area contributed by atoms with Crippen molar-refractivity contribution >= 4 is 18.0 Å². The number of pyridine rings is 2. The summed E-state index contributed by atoms with van der Waals surface area (Å²) >= 11 is 0. The van der Waals surface area contributed by atoms with Gasteiger partial charge in [-0.2, -0.15) is 4.98 Å². The van der Waals surface area contributed by atoms with E-state index in [1.54, 1.807) is 43.0 Å². The summed E-state index contributed by atoms with van der Waals surface area (Å²) in [4.78, 5) is 24.1. The monoisotopic (exact) mass is 414 g/mol. The van der Waals surface area contributed by atoms with E-state index in [-0.39, 0.29) is 11.9 Å². The summed E-state index contributed by atoms with van der Waals surface area (Å²) in [5.74, 6) is 0.745. The van der Waals surface area contributed by atoms with Crippen LogP contribution in [0, 0.1) is 0 Å². The third-order valence-corrected chi connectivity index (χ3v) is 4.09. The lowest BCUT2D eigenvalue weighted by Gasteiger charge is -2.06. The molecule has 0 radical (unpaired) electrons. The Kier molecular flexibility index (Phi) is 6.24. The first-order chi connectivity index (χ1) is 15.3. The van der Waals surface area contributed by atoms with Crippen molar-refractivity contribution in [3.05, 3.63) is 90.5 Å². The highest BCUT2D eigenvalue weighted by Crippen LogP contribution is 2.16. The van der Waals surface area contributed by atoms with Crippen LogP contribution in [-0.2, 0) is 11.4 Å². The van der Waals surface area contributed by atoms with Crippen LogP contribution < -0.4 is 15.6 Å². The molecule has 0 aliphatic heterocycles. The normalized spacial score (nSPS) is 10.7. The number of ether oxygens (including phenoxy) is 1. The van der Waals surface area contributed by atoms with Gasteiger partial charge in [0.2, 0.25) is 5.82 Å². The Hall–Kier alpha value is -4.53. The van der Waals surface area contributed by atoms with Gasteiger partial charge in [-0.1, -0.05) is 23.4 Å². The number of hydrogen-bond donors (Lipinski definition) is 2. The van der Waals surface area contributed by atoms with Crippen LogP contribution in [0.4, 0.5) is 6.01 Å². The zero-order valence-corrected chi connectivity index (χ0v) is 16.3. The molecular formula is C22H18N6O3. The second-order valence-corrected chi connectivity index (χ2v) is 6.33. The summed E-state index contributed by atoms with van der Waals surface area (Å²) < 4.78 is 10.8. The summed E-state index contributed by atoms with van der Waals surface area (Å²) in [5.41, 5.74) is 7.64. The fraction of sp³-hybridized carbons (Fsp3) is 0.0455. The first-order valence-electron chi connectivity index (χ1n) is 9.36. The minimum Gasteiger partial charge on any atom is -0.489 e. The molecule has 0 spiro atoms. The van der Waals surface area contributed by atoms with Gasteiger partial charge in [-0.3, -0.25) is 20.2 Å². The zero-order valence-electron chi connectivity index (χ0n) is 16.3. The van der Waals surface area contributed by atoms with Gasteiger partial charge < -0.3 is 9.26 Å². The van der Waals surface area contributed by atoms with Gasteiger partial charge in [-0.05, 0) is 42.0 Å². The highest BCUT2D eigenvalue weighted by molar-refractivity contribution is 5.92. The van der Waals surface area contributed by atoms with Crippen molar-refractivity contribution in [3.63, 3.8) is 0 Å². The van der Waals surface area contributed by atoms with Gasteiger partial charge in [-0.15, -0.1) is 0 Å². The number of carbonyl (C=O) groups is 1. The summed E-state index contributed by atoms with van der Waals surface area (Å²) in [5, 5.41) is 3.84. The number of rotatable bonds is 8. The maximum absolute atomic E-state index is 12.0. The van der Waals surface area contributed by atoms with E-state index < -0.39 is 0 Å². The smallest absolute Gasteiger partial charge is 0.340 e. The van der Waals surface area contributed by atoms with Crippen molar-refractivity contribution in [2.45, 2.75) is 6.61 Å². The Bertz CT molecular complexity index is 1140. The van der Waals surface area contributed by atoms with E-state index in [1.807, 2.05) is 36.4 Å². The maximum Gasteiger partial charge on any atom is 0.340 e. The molecule has 0 unspecified atom stereocenters. The van der Waals surface area contributed by atoms with Crippen molar-refractivity contribution < 1.29 is 14.1 Å². The Labute approximate surface area is 177 Å². The second-order valence-electron chi connectivity index (χ2n) is 6.33. The molecule has 0 fully saturated rings. The molecule has 0 bridgehead atoms. The number of aromatic nitrogens is 4. The molecule has 4 aromatic rings. The van der Waals surface area contributed by atoms with E-state index in [9.17, 15) is 4.79 Å². The molecule has 154 valence electrons. The van der Waals surface area contributed by atoms with E-state index in [2.05, 4.69) is 31.0 Å². The Morgan fingerprint density at radius 2 is 1.87 bits per heavy atom. The summed E-state index contributed by atoms with van der Waals surface area (Å²) in [7, 11) is 0. The number of anilines is 1. The van der Waals surface area contributed by atoms with Crippen LogP contribution in [0.2, 0.25) is 0 Å². The van der Waals surface area contributed by atoms with Crippen LogP contribution in [0.15, 0.2) is 83.9 Å². The third-order valence-electron chi connectivity index (χ3n) is 4.09. The van der Waals surface area contributed by atoms with Gasteiger partial charge in [0.15, 0.2) is 0 Å². The fourth-order valence-electron chi connectivity index (χ4n) is 2.55. The van der Waals surface area contributed by atoms with Gasteiger partial charge >= 0.3 is 6.01 Å².